The van der Waals surface area contributed by atoms with Gasteiger partial charge in [-0.3, -0.25) is 0 Å². The van der Waals surface area contributed by atoms with Gasteiger partial charge in [-0.05, 0) is 50.2 Å². The summed E-state index contributed by atoms with van der Waals surface area (Å²) in [5.41, 5.74) is 10.6. The number of rotatable bonds is 5. The van der Waals surface area contributed by atoms with Gasteiger partial charge in [0.05, 0.1) is 0 Å². The molecule has 1 aromatic heterocycles. The molecule has 2 heteroatoms. The maximum atomic E-state index is 6.21. The fourth-order valence-corrected chi connectivity index (χ4v) is 3.13. The highest BCUT2D eigenvalue weighted by atomic mass is 15.0. The molecule has 0 saturated heterocycles. The molecule has 1 unspecified atom stereocenters. The monoisotopic (exact) mass is 248 g/mol. The zero-order valence-corrected chi connectivity index (χ0v) is 12.2. The molecule has 2 nitrogen and oxygen atoms in total. The molecule has 0 fully saturated rings. The van der Waals surface area contributed by atoms with Gasteiger partial charge in [0.1, 0.15) is 0 Å². The van der Waals surface area contributed by atoms with Crippen molar-refractivity contribution >= 4 is 0 Å². The molecule has 2 rings (SSSR count). The average molecular weight is 248 g/mol. The second-order valence-corrected chi connectivity index (χ2v) is 6.23. The van der Waals surface area contributed by atoms with Crippen LogP contribution < -0.4 is 5.73 Å². The fourth-order valence-electron chi connectivity index (χ4n) is 3.13. The second kappa shape index (κ2) is 5.92. The van der Waals surface area contributed by atoms with Crippen molar-refractivity contribution in [1.29, 1.82) is 0 Å². The molecule has 18 heavy (non-hydrogen) atoms. The normalized spacial score (nSPS) is 19.3. The molecule has 0 bridgehead atoms. The van der Waals surface area contributed by atoms with E-state index < -0.39 is 0 Å². The van der Waals surface area contributed by atoms with Gasteiger partial charge in [0, 0.05) is 24.0 Å². The van der Waals surface area contributed by atoms with Crippen molar-refractivity contribution in [2.45, 2.75) is 71.9 Å². The van der Waals surface area contributed by atoms with Gasteiger partial charge in [-0.15, -0.1) is 0 Å². The third kappa shape index (κ3) is 2.97. The van der Waals surface area contributed by atoms with Gasteiger partial charge in [-0.1, -0.05) is 26.7 Å². The van der Waals surface area contributed by atoms with Crippen LogP contribution in [0.3, 0.4) is 0 Å². The summed E-state index contributed by atoms with van der Waals surface area (Å²) in [6.45, 7) is 8.03. The number of nitrogens with two attached hydrogens (primary N) is 1. The lowest BCUT2D eigenvalue weighted by Crippen LogP contribution is -2.18. The maximum absolute atomic E-state index is 6.21. The van der Waals surface area contributed by atoms with Crippen molar-refractivity contribution in [2.75, 3.05) is 0 Å². The van der Waals surface area contributed by atoms with E-state index in [4.69, 9.17) is 5.73 Å². The topological polar surface area (TPSA) is 30.9 Å². The molecule has 2 N–H and O–H groups in total. The van der Waals surface area contributed by atoms with Gasteiger partial charge in [-0.25, -0.2) is 0 Å². The summed E-state index contributed by atoms with van der Waals surface area (Å²) in [5.74, 6) is 0.832. The van der Waals surface area contributed by atoms with Crippen molar-refractivity contribution in [3.8, 4) is 0 Å². The molecule has 1 atom stereocenters. The van der Waals surface area contributed by atoms with Gasteiger partial charge in [0.2, 0.25) is 0 Å². The highest BCUT2D eigenvalue weighted by Gasteiger charge is 2.21. The number of aryl methyl sites for hydroxylation is 1. The van der Waals surface area contributed by atoms with Crippen molar-refractivity contribution in [3.63, 3.8) is 0 Å². The highest BCUT2D eigenvalue weighted by Crippen LogP contribution is 2.31. The van der Waals surface area contributed by atoms with Crippen LogP contribution in [0.4, 0.5) is 0 Å². The maximum Gasteiger partial charge on any atom is 0.0313 e. The Morgan fingerprint density at radius 3 is 2.89 bits per heavy atom. The summed E-state index contributed by atoms with van der Waals surface area (Å²) >= 11 is 0. The predicted molar refractivity (Wildman–Crippen MR) is 77.7 cm³/mol. The number of hydrogen-bond donors (Lipinski definition) is 1. The fraction of sp³-hybridized carbons (Fsp3) is 0.750. The molecule has 0 radical (unpaired) electrons. The van der Waals surface area contributed by atoms with E-state index in [-0.39, 0.29) is 6.04 Å². The summed E-state index contributed by atoms with van der Waals surface area (Å²) in [5, 5.41) is 0. The van der Waals surface area contributed by atoms with Crippen LogP contribution >= 0.6 is 0 Å². The molecule has 0 aromatic carbocycles. The van der Waals surface area contributed by atoms with Crippen LogP contribution in [0.1, 0.15) is 68.9 Å². The lowest BCUT2D eigenvalue weighted by atomic mass is 9.93. The van der Waals surface area contributed by atoms with E-state index in [1.165, 1.54) is 55.6 Å². The summed E-state index contributed by atoms with van der Waals surface area (Å²) in [6.07, 6.45) is 7.63. The molecule has 1 aliphatic carbocycles. The number of unbranched alkanes of at least 4 members (excludes halogenated alkanes) is 1. The first-order valence-electron chi connectivity index (χ1n) is 7.54. The standard InChI is InChI=1S/C16H28N2/c1-12(2)7-4-5-10-18-13(3)11-14-15(17)8-6-9-16(14)18/h11-12,15H,4-10,17H2,1-3H3. The Morgan fingerprint density at radius 2 is 2.17 bits per heavy atom. The summed E-state index contributed by atoms with van der Waals surface area (Å²) < 4.78 is 2.52. The van der Waals surface area contributed by atoms with E-state index >= 15 is 0 Å². The second-order valence-electron chi connectivity index (χ2n) is 6.23. The van der Waals surface area contributed by atoms with Gasteiger partial charge in [-0.2, -0.15) is 0 Å². The highest BCUT2D eigenvalue weighted by molar-refractivity contribution is 5.32. The Kier molecular flexibility index (Phi) is 4.50. The third-order valence-electron chi connectivity index (χ3n) is 4.19. The molecule has 1 heterocycles. The Hall–Kier alpha value is -0.760. The van der Waals surface area contributed by atoms with E-state index in [0.29, 0.717) is 0 Å². The van der Waals surface area contributed by atoms with Crippen LogP contribution in [-0.2, 0) is 13.0 Å². The van der Waals surface area contributed by atoms with Crippen LogP contribution in [0, 0.1) is 12.8 Å². The zero-order chi connectivity index (χ0) is 13.1. The molecule has 0 saturated carbocycles. The molecule has 1 aliphatic rings. The van der Waals surface area contributed by atoms with Crippen molar-refractivity contribution in [1.82, 2.24) is 4.57 Å². The molecular weight excluding hydrogens is 220 g/mol. The van der Waals surface area contributed by atoms with Crippen LogP contribution in [0.2, 0.25) is 0 Å². The van der Waals surface area contributed by atoms with E-state index in [9.17, 15) is 0 Å². The van der Waals surface area contributed by atoms with Crippen molar-refractivity contribution in [2.24, 2.45) is 11.7 Å². The average Bonchev–Trinajstić information content (AvgIpc) is 2.63. The lowest BCUT2D eigenvalue weighted by Gasteiger charge is -2.21. The van der Waals surface area contributed by atoms with Gasteiger partial charge in [0.15, 0.2) is 0 Å². The van der Waals surface area contributed by atoms with E-state index in [1.807, 2.05) is 0 Å². The van der Waals surface area contributed by atoms with E-state index in [2.05, 4.69) is 31.4 Å². The molecular formula is C16H28N2. The van der Waals surface area contributed by atoms with Gasteiger partial charge < -0.3 is 10.3 Å². The first-order valence-corrected chi connectivity index (χ1v) is 7.54. The summed E-state index contributed by atoms with van der Waals surface area (Å²) in [6, 6.07) is 2.60. The third-order valence-corrected chi connectivity index (χ3v) is 4.19. The quantitative estimate of drug-likeness (QED) is 0.786. The summed E-state index contributed by atoms with van der Waals surface area (Å²) in [7, 11) is 0. The smallest absolute Gasteiger partial charge is 0.0313 e. The van der Waals surface area contributed by atoms with Gasteiger partial charge >= 0.3 is 0 Å². The molecule has 102 valence electrons. The molecule has 0 aliphatic heterocycles. The molecule has 0 amide bonds. The van der Waals surface area contributed by atoms with Crippen LogP contribution in [0.15, 0.2) is 6.07 Å². The first-order chi connectivity index (χ1) is 8.59. The van der Waals surface area contributed by atoms with Crippen molar-refractivity contribution < 1.29 is 0 Å². The zero-order valence-electron chi connectivity index (χ0n) is 12.2. The van der Waals surface area contributed by atoms with Crippen LogP contribution in [-0.4, -0.2) is 4.57 Å². The van der Waals surface area contributed by atoms with Crippen LogP contribution in [0.5, 0.6) is 0 Å². The minimum Gasteiger partial charge on any atom is -0.349 e. The summed E-state index contributed by atoms with van der Waals surface area (Å²) in [4.78, 5) is 0. The minimum atomic E-state index is 0.282. The Bertz CT molecular complexity index is 390. The predicted octanol–water partition coefficient (Wildman–Crippen LogP) is 3.96. The minimum absolute atomic E-state index is 0.282. The molecule has 1 aromatic rings. The van der Waals surface area contributed by atoms with E-state index in [0.717, 1.165) is 12.3 Å². The van der Waals surface area contributed by atoms with Gasteiger partial charge in [0.25, 0.3) is 0 Å². The number of aromatic nitrogens is 1. The molecule has 0 spiro atoms. The lowest BCUT2D eigenvalue weighted by molar-refractivity contribution is 0.488. The first kappa shape index (κ1) is 13.7. The Labute approximate surface area is 112 Å². The van der Waals surface area contributed by atoms with Crippen molar-refractivity contribution in [3.05, 3.63) is 23.0 Å². The SMILES string of the molecule is Cc1cc2c(n1CCCCC(C)C)CCCC2N. The Morgan fingerprint density at radius 1 is 1.39 bits per heavy atom. The number of nitrogens with zero attached hydrogens (tertiary/aromatic N) is 1. The van der Waals surface area contributed by atoms with E-state index in [1.54, 1.807) is 0 Å². The Balaban J connectivity index is 2.00. The van der Waals surface area contributed by atoms with Crippen LogP contribution in [0.25, 0.3) is 0 Å². The number of hydrogen-bond acceptors (Lipinski definition) is 1. The number of fused-ring (bicyclic) bond motifs is 1. The largest absolute Gasteiger partial charge is 0.349 e.